The smallest absolute Gasteiger partial charge is 0.236 e. The first-order chi connectivity index (χ1) is 20.2. The predicted octanol–water partition coefficient (Wildman–Crippen LogP) is 5.58. The summed E-state index contributed by atoms with van der Waals surface area (Å²) >= 11 is 1.23. The number of anilines is 1. The van der Waals surface area contributed by atoms with E-state index in [1.165, 1.54) is 48.3 Å². The molecule has 1 saturated heterocycles. The van der Waals surface area contributed by atoms with Crippen LogP contribution in [0.25, 0.3) is 11.9 Å². The molecule has 1 fully saturated rings. The average Bonchev–Trinajstić information content (AvgIpc) is 3.13. The van der Waals surface area contributed by atoms with E-state index < -0.39 is 22.4 Å². The molecule has 0 radical (unpaired) electrons. The maximum Gasteiger partial charge on any atom is 0.236 e. The second-order valence-electron chi connectivity index (χ2n) is 10.8. The van der Waals surface area contributed by atoms with Crippen LogP contribution in [-0.2, 0) is 10.3 Å². The van der Waals surface area contributed by atoms with Crippen LogP contribution in [0.15, 0.2) is 71.9 Å². The Hall–Kier alpha value is -4.23. The first-order valence-electron chi connectivity index (χ1n) is 13.8. The number of rotatable bonds is 5. The number of hydrogen-bond acceptors (Lipinski definition) is 7. The van der Waals surface area contributed by atoms with Gasteiger partial charge in [-0.2, -0.15) is 5.26 Å². The minimum atomic E-state index is -1.07. The Balaban J connectivity index is 1.33. The molecule has 2 unspecified atom stereocenters. The summed E-state index contributed by atoms with van der Waals surface area (Å²) in [5.74, 6) is -1.34. The van der Waals surface area contributed by atoms with Crippen molar-refractivity contribution in [1.82, 2.24) is 9.88 Å². The van der Waals surface area contributed by atoms with E-state index in [1.54, 1.807) is 13.0 Å². The van der Waals surface area contributed by atoms with Crippen LogP contribution >= 0.6 is 11.8 Å². The Morgan fingerprint density at radius 2 is 1.88 bits per heavy atom. The van der Waals surface area contributed by atoms with Crippen molar-refractivity contribution < 1.29 is 13.6 Å². The number of para-hydroxylation sites is 1. The fraction of sp³-hybridized carbons (Fsp3) is 0.312. The molecule has 42 heavy (non-hydrogen) atoms. The number of hydrogen-bond donors (Lipinski definition) is 1. The molecule has 2 aliphatic heterocycles. The fourth-order valence-corrected chi connectivity index (χ4v) is 6.63. The van der Waals surface area contributed by atoms with E-state index in [0.717, 1.165) is 18.8 Å². The van der Waals surface area contributed by atoms with Crippen molar-refractivity contribution >= 4 is 40.4 Å². The number of benzene rings is 2. The van der Waals surface area contributed by atoms with Gasteiger partial charge in [0.25, 0.3) is 0 Å². The Kier molecular flexibility index (Phi) is 8.59. The second-order valence-corrected chi connectivity index (χ2v) is 12.0. The molecule has 1 aromatic heterocycles. The number of aromatic nitrogens is 1. The Morgan fingerprint density at radius 3 is 2.55 bits per heavy atom. The van der Waals surface area contributed by atoms with Gasteiger partial charge in [-0.05, 0) is 67.3 Å². The van der Waals surface area contributed by atoms with E-state index >= 15 is 4.39 Å². The molecule has 216 valence electrons. The van der Waals surface area contributed by atoms with E-state index in [2.05, 4.69) is 22.0 Å². The number of nitriles is 1. The first-order valence-corrected chi connectivity index (χ1v) is 14.7. The van der Waals surface area contributed by atoms with Gasteiger partial charge in [0.05, 0.1) is 22.0 Å². The Morgan fingerprint density at radius 1 is 1.14 bits per heavy atom. The van der Waals surface area contributed by atoms with Crippen LogP contribution in [0.2, 0.25) is 0 Å². The molecule has 0 saturated carbocycles. The van der Waals surface area contributed by atoms with Gasteiger partial charge in [0.1, 0.15) is 17.7 Å². The van der Waals surface area contributed by atoms with Gasteiger partial charge in [0.15, 0.2) is 5.17 Å². The SMILES string of the molecule is CC1CC(C(=O)N2CCN(c3ccccc3)CC2)SC(N)=N[C@]1(C)c1cc(/C=C(\F)c2ccc(C#N)cn2)ccc1F. The highest BCUT2D eigenvalue weighted by molar-refractivity contribution is 8.14. The minimum Gasteiger partial charge on any atom is -0.378 e. The van der Waals surface area contributed by atoms with E-state index in [1.807, 2.05) is 36.1 Å². The molecule has 2 N–H and O–H groups in total. The third-order valence-electron chi connectivity index (χ3n) is 8.09. The largest absolute Gasteiger partial charge is 0.378 e. The molecule has 0 aliphatic carbocycles. The van der Waals surface area contributed by atoms with Crippen LogP contribution in [0.1, 0.15) is 42.7 Å². The number of amidine groups is 1. The monoisotopic (exact) mass is 586 g/mol. The number of nitrogens with zero attached hydrogens (tertiary/aromatic N) is 5. The van der Waals surface area contributed by atoms with E-state index in [9.17, 15) is 9.18 Å². The Bertz CT molecular complexity index is 1550. The van der Waals surface area contributed by atoms with Crippen molar-refractivity contribution in [2.45, 2.75) is 31.1 Å². The van der Waals surface area contributed by atoms with E-state index in [0.29, 0.717) is 30.6 Å². The van der Waals surface area contributed by atoms with Gasteiger partial charge in [-0.15, -0.1) is 0 Å². The number of pyridine rings is 1. The average molecular weight is 587 g/mol. The third-order valence-corrected chi connectivity index (χ3v) is 9.10. The van der Waals surface area contributed by atoms with Crippen molar-refractivity contribution in [2.24, 2.45) is 16.6 Å². The van der Waals surface area contributed by atoms with E-state index in [-0.39, 0.29) is 28.3 Å². The number of amides is 1. The highest BCUT2D eigenvalue weighted by atomic mass is 32.2. The van der Waals surface area contributed by atoms with Crippen LogP contribution in [0.4, 0.5) is 14.5 Å². The lowest BCUT2D eigenvalue weighted by Gasteiger charge is -2.38. The number of aliphatic imine (C=N–C) groups is 1. The van der Waals surface area contributed by atoms with Crippen LogP contribution in [0.3, 0.4) is 0 Å². The molecule has 3 aromatic rings. The van der Waals surface area contributed by atoms with Gasteiger partial charge in [0.2, 0.25) is 5.91 Å². The summed E-state index contributed by atoms with van der Waals surface area (Å²) in [7, 11) is 0. The van der Waals surface area contributed by atoms with Crippen LogP contribution in [0.5, 0.6) is 0 Å². The molecule has 3 atom stereocenters. The maximum absolute atomic E-state index is 15.3. The van der Waals surface area contributed by atoms with Crippen molar-refractivity contribution in [1.29, 1.82) is 5.26 Å². The zero-order valence-corrected chi connectivity index (χ0v) is 24.3. The van der Waals surface area contributed by atoms with Gasteiger partial charge < -0.3 is 15.5 Å². The highest BCUT2D eigenvalue weighted by Crippen LogP contribution is 2.43. The molecule has 10 heteroatoms. The molecule has 7 nitrogen and oxygen atoms in total. The highest BCUT2D eigenvalue weighted by Gasteiger charge is 2.42. The summed E-state index contributed by atoms with van der Waals surface area (Å²) < 4.78 is 30.3. The molecule has 2 aromatic carbocycles. The predicted molar refractivity (Wildman–Crippen MR) is 164 cm³/mol. The zero-order chi connectivity index (χ0) is 29.9. The van der Waals surface area contributed by atoms with Gasteiger partial charge in [-0.25, -0.2) is 8.78 Å². The summed E-state index contributed by atoms with van der Waals surface area (Å²) in [6, 6.07) is 19.3. The normalized spacial score (nSPS) is 23.1. The maximum atomic E-state index is 15.3. The second kappa shape index (κ2) is 12.3. The quantitative estimate of drug-likeness (QED) is 0.419. The number of nitrogens with two attached hydrogens (primary N) is 1. The number of thioether (sulfide) groups is 1. The van der Waals surface area contributed by atoms with Gasteiger partial charge >= 0.3 is 0 Å². The summed E-state index contributed by atoms with van der Waals surface area (Å²) in [5, 5.41) is 8.73. The lowest BCUT2D eigenvalue weighted by atomic mass is 9.78. The molecule has 0 spiro atoms. The molecule has 3 heterocycles. The Labute approximate surface area is 248 Å². The fourth-order valence-electron chi connectivity index (χ4n) is 5.46. The van der Waals surface area contributed by atoms with Gasteiger partial charge in [0, 0.05) is 43.6 Å². The summed E-state index contributed by atoms with van der Waals surface area (Å²) in [5.41, 5.74) is 7.51. The summed E-state index contributed by atoms with van der Waals surface area (Å²) in [6.45, 7) is 6.45. The molecular weight excluding hydrogens is 554 g/mol. The lowest BCUT2D eigenvalue weighted by Crippen LogP contribution is -2.51. The molecule has 2 aliphatic rings. The number of halogens is 2. The van der Waals surface area contributed by atoms with Crippen molar-refractivity contribution in [3.63, 3.8) is 0 Å². The van der Waals surface area contributed by atoms with E-state index in [4.69, 9.17) is 16.0 Å². The molecule has 5 rings (SSSR count). The van der Waals surface area contributed by atoms with Crippen molar-refractivity contribution in [2.75, 3.05) is 31.1 Å². The molecule has 1 amide bonds. The standard InChI is InChI=1S/C32H32F2N6OS/c1-21-16-29(30(41)40-14-12-39(13-15-40)24-6-4-3-5-7-24)42-31(36)38-32(21,2)25-17-22(8-10-26(25)33)18-27(34)28-11-9-23(19-35)20-37-28/h3-11,17-18,20-21,29H,12-16H2,1-2H3,(H2,36,38)/b27-18-/t21?,29?,32-/m0/s1. The van der Waals surface area contributed by atoms with Crippen LogP contribution in [0, 0.1) is 23.1 Å². The van der Waals surface area contributed by atoms with Gasteiger partial charge in [-0.3, -0.25) is 14.8 Å². The first kappa shape index (κ1) is 29.3. The minimum absolute atomic E-state index is 0.0103. The third kappa shape index (κ3) is 6.16. The van der Waals surface area contributed by atoms with Crippen LogP contribution < -0.4 is 10.6 Å². The summed E-state index contributed by atoms with van der Waals surface area (Å²) in [4.78, 5) is 26.5. The molecule has 0 bridgehead atoms. The lowest BCUT2D eigenvalue weighted by molar-refractivity contribution is -0.131. The molecular formula is C32H32F2N6OS. The number of carbonyl (C=O) groups excluding carboxylic acids is 1. The number of piperazine rings is 1. The van der Waals surface area contributed by atoms with Gasteiger partial charge in [-0.1, -0.05) is 43.0 Å². The van der Waals surface area contributed by atoms with Crippen molar-refractivity contribution in [3.05, 3.63) is 95.1 Å². The number of carbonyl (C=O) groups is 1. The zero-order valence-electron chi connectivity index (χ0n) is 23.5. The van der Waals surface area contributed by atoms with Crippen molar-refractivity contribution in [3.8, 4) is 6.07 Å². The topological polar surface area (TPSA) is 98.6 Å². The summed E-state index contributed by atoms with van der Waals surface area (Å²) in [6.07, 6.45) is 3.01. The van der Waals surface area contributed by atoms with Crippen LogP contribution in [-0.4, -0.2) is 52.4 Å².